The molecule has 94 valence electrons. The van der Waals surface area contributed by atoms with Crippen LogP contribution >= 0.6 is 23.2 Å². The number of hydrogen-bond donors (Lipinski definition) is 2. The number of hydrogen-bond acceptors (Lipinski definition) is 3. The summed E-state index contributed by atoms with van der Waals surface area (Å²) in [5.41, 5.74) is 2.58. The largest absolute Gasteiger partial charge is 0.392 e. The molecule has 2 rings (SSSR count). The van der Waals surface area contributed by atoms with E-state index in [9.17, 15) is 5.11 Å². The highest BCUT2D eigenvalue weighted by atomic mass is 35.5. The normalized spacial score (nSPS) is 10.4. The number of pyridine rings is 1. The zero-order valence-corrected chi connectivity index (χ0v) is 11.0. The maximum absolute atomic E-state index is 9.19. The number of aromatic nitrogens is 1. The van der Waals surface area contributed by atoms with Crippen LogP contribution < -0.4 is 5.32 Å². The molecule has 1 aromatic carbocycles. The van der Waals surface area contributed by atoms with Crippen LogP contribution in [-0.2, 0) is 13.2 Å². The molecule has 0 saturated heterocycles. The molecule has 1 heterocycles. The van der Waals surface area contributed by atoms with Crippen LogP contribution in [0.25, 0.3) is 0 Å². The lowest BCUT2D eigenvalue weighted by Gasteiger charge is -2.10. The van der Waals surface area contributed by atoms with Gasteiger partial charge in [0.25, 0.3) is 0 Å². The van der Waals surface area contributed by atoms with E-state index in [-0.39, 0.29) is 6.61 Å². The molecule has 0 bridgehead atoms. The molecule has 0 unspecified atom stereocenters. The number of rotatable bonds is 4. The molecule has 0 aliphatic rings. The maximum atomic E-state index is 9.19. The standard InChI is InChI=1S/C13H12Cl2N2O/c14-11-3-9(4-12(15)5-11)6-17-13-7-16-2-1-10(13)8-18/h1-5,7,17-18H,6,8H2. The molecule has 2 N–H and O–H groups in total. The van der Waals surface area contributed by atoms with Gasteiger partial charge in [0.05, 0.1) is 18.5 Å². The SMILES string of the molecule is OCc1ccncc1NCc1cc(Cl)cc(Cl)c1. The smallest absolute Gasteiger partial charge is 0.0703 e. The molecular formula is C13H12Cl2N2O. The van der Waals surface area contributed by atoms with Crippen molar-refractivity contribution in [3.63, 3.8) is 0 Å². The highest BCUT2D eigenvalue weighted by Gasteiger charge is 2.02. The van der Waals surface area contributed by atoms with Crippen molar-refractivity contribution < 1.29 is 5.11 Å². The van der Waals surface area contributed by atoms with E-state index >= 15 is 0 Å². The summed E-state index contributed by atoms with van der Waals surface area (Å²) in [6.45, 7) is 0.542. The maximum Gasteiger partial charge on any atom is 0.0703 e. The monoisotopic (exact) mass is 282 g/mol. The fourth-order valence-electron chi connectivity index (χ4n) is 1.63. The first-order chi connectivity index (χ1) is 8.69. The molecule has 5 heteroatoms. The van der Waals surface area contributed by atoms with Gasteiger partial charge < -0.3 is 10.4 Å². The van der Waals surface area contributed by atoms with E-state index in [0.717, 1.165) is 16.8 Å². The van der Waals surface area contributed by atoms with Gasteiger partial charge in [-0.1, -0.05) is 23.2 Å². The molecule has 0 saturated carbocycles. The molecule has 0 fully saturated rings. The highest BCUT2D eigenvalue weighted by Crippen LogP contribution is 2.20. The summed E-state index contributed by atoms with van der Waals surface area (Å²) in [4.78, 5) is 4.01. The number of aliphatic hydroxyl groups excluding tert-OH is 1. The van der Waals surface area contributed by atoms with Crippen molar-refractivity contribution in [2.24, 2.45) is 0 Å². The Morgan fingerprint density at radius 3 is 2.56 bits per heavy atom. The summed E-state index contributed by atoms with van der Waals surface area (Å²) < 4.78 is 0. The van der Waals surface area contributed by atoms with Gasteiger partial charge in [0.1, 0.15) is 0 Å². The van der Waals surface area contributed by atoms with Crippen molar-refractivity contribution in [2.75, 3.05) is 5.32 Å². The van der Waals surface area contributed by atoms with Gasteiger partial charge in [-0.15, -0.1) is 0 Å². The van der Waals surface area contributed by atoms with E-state index in [0.29, 0.717) is 16.6 Å². The molecule has 0 aliphatic heterocycles. The van der Waals surface area contributed by atoms with E-state index in [1.54, 1.807) is 24.5 Å². The van der Waals surface area contributed by atoms with E-state index in [2.05, 4.69) is 10.3 Å². The van der Waals surface area contributed by atoms with Crippen molar-refractivity contribution in [3.05, 3.63) is 57.8 Å². The van der Waals surface area contributed by atoms with Gasteiger partial charge >= 0.3 is 0 Å². The van der Waals surface area contributed by atoms with E-state index < -0.39 is 0 Å². The predicted octanol–water partition coefficient (Wildman–Crippen LogP) is 3.49. The van der Waals surface area contributed by atoms with Crippen LogP contribution in [0, 0.1) is 0 Å². The first-order valence-electron chi connectivity index (χ1n) is 5.41. The van der Waals surface area contributed by atoms with Gasteiger partial charge in [-0.3, -0.25) is 4.98 Å². The Hall–Kier alpha value is -1.29. The van der Waals surface area contributed by atoms with Gasteiger partial charge in [0, 0.05) is 28.4 Å². The molecule has 0 aliphatic carbocycles. The Bertz CT molecular complexity index is 526. The van der Waals surface area contributed by atoms with Crippen LogP contribution in [0.3, 0.4) is 0 Å². The number of halogens is 2. The summed E-state index contributed by atoms with van der Waals surface area (Å²) in [7, 11) is 0. The van der Waals surface area contributed by atoms with Crippen LogP contribution in [0.4, 0.5) is 5.69 Å². The van der Waals surface area contributed by atoms with E-state index in [1.807, 2.05) is 12.1 Å². The Kier molecular flexibility index (Phi) is 4.42. The molecule has 0 amide bonds. The van der Waals surface area contributed by atoms with Gasteiger partial charge in [0.2, 0.25) is 0 Å². The van der Waals surface area contributed by atoms with Gasteiger partial charge in [0.15, 0.2) is 0 Å². The first kappa shape index (κ1) is 13.1. The number of aliphatic hydroxyl groups is 1. The lowest BCUT2D eigenvalue weighted by atomic mass is 10.2. The number of benzene rings is 1. The van der Waals surface area contributed by atoms with Crippen LogP contribution in [0.15, 0.2) is 36.7 Å². The second-order valence-corrected chi connectivity index (χ2v) is 4.70. The van der Waals surface area contributed by atoms with Gasteiger partial charge in [-0.2, -0.15) is 0 Å². The summed E-state index contributed by atoms with van der Waals surface area (Å²) in [5.74, 6) is 0. The number of anilines is 1. The molecule has 18 heavy (non-hydrogen) atoms. The molecule has 0 atom stereocenters. The topological polar surface area (TPSA) is 45.2 Å². The zero-order valence-electron chi connectivity index (χ0n) is 9.53. The third-order valence-electron chi connectivity index (χ3n) is 2.49. The minimum atomic E-state index is -0.0266. The first-order valence-corrected chi connectivity index (χ1v) is 6.17. The summed E-state index contributed by atoms with van der Waals surface area (Å²) in [6, 6.07) is 7.15. The fourth-order valence-corrected chi connectivity index (χ4v) is 2.20. The van der Waals surface area contributed by atoms with E-state index in [1.165, 1.54) is 0 Å². The van der Waals surface area contributed by atoms with Crippen molar-refractivity contribution in [2.45, 2.75) is 13.2 Å². The Morgan fingerprint density at radius 2 is 1.89 bits per heavy atom. The van der Waals surface area contributed by atoms with E-state index in [4.69, 9.17) is 23.2 Å². The Morgan fingerprint density at radius 1 is 1.17 bits per heavy atom. The number of nitrogens with zero attached hydrogens (tertiary/aromatic N) is 1. The Balaban J connectivity index is 2.11. The van der Waals surface area contributed by atoms with Gasteiger partial charge in [-0.05, 0) is 29.8 Å². The van der Waals surface area contributed by atoms with Crippen LogP contribution in [-0.4, -0.2) is 10.1 Å². The summed E-state index contributed by atoms with van der Waals surface area (Å²) in [6.07, 6.45) is 3.32. The summed E-state index contributed by atoms with van der Waals surface area (Å²) in [5, 5.41) is 13.6. The lowest BCUT2D eigenvalue weighted by molar-refractivity contribution is 0.282. The molecular weight excluding hydrogens is 271 g/mol. The lowest BCUT2D eigenvalue weighted by Crippen LogP contribution is -2.03. The quantitative estimate of drug-likeness (QED) is 0.902. The van der Waals surface area contributed by atoms with Crippen molar-refractivity contribution in [1.29, 1.82) is 0 Å². The Labute approximate surface area is 115 Å². The zero-order chi connectivity index (χ0) is 13.0. The van der Waals surface area contributed by atoms with Crippen LogP contribution in [0.2, 0.25) is 10.0 Å². The fraction of sp³-hybridized carbons (Fsp3) is 0.154. The highest BCUT2D eigenvalue weighted by molar-refractivity contribution is 6.34. The summed E-state index contributed by atoms with van der Waals surface area (Å²) >= 11 is 11.9. The molecule has 3 nitrogen and oxygen atoms in total. The molecule has 2 aromatic rings. The second-order valence-electron chi connectivity index (χ2n) is 3.82. The van der Waals surface area contributed by atoms with Crippen molar-refractivity contribution in [1.82, 2.24) is 4.98 Å². The minimum Gasteiger partial charge on any atom is -0.392 e. The average molecular weight is 283 g/mol. The average Bonchev–Trinajstić information content (AvgIpc) is 2.35. The molecule has 0 spiro atoms. The van der Waals surface area contributed by atoms with Crippen LogP contribution in [0.5, 0.6) is 0 Å². The third kappa shape index (κ3) is 3.35. The number of nitrogens with one attached hydrogen (secondary N) is 1. The van der Waals surface area contributed by atoms with Crippen LogP contribution in [0.1, 0.15) is 11.1 Å². The third-order valence-corrected chi connectivity index (χ3v) is 2.92. The second kappa shape index (κ2) is 6.05. The van der Waals surface area contributed by atoms with Crippen molar-refractivity contribution in [3.8, 4) is 0 Å². The molecule has 0 radical (unpaired) electrons. The minimum absolute atomic E-state index is 0.0266. The van der Waals surface area contributed by atoms with Gasteiger partial charge in [-0.25, -0.2) is 0 Å². The predicted molar refractivity (Wildman–Crippen MR) is 73.9 cm³/mol. The molecule has 1 aromatic heterocycles. The van der Waals surface area contributed by atoms with Crippen molar-refractivity contribution >= 4 is 28.9 Å².